The Morgan fingerprint density at radius 3 is 1.38 bits per heavy atom. The molecule has 12 aliphatic carbocycles. The second-order valence-electron chi connectivity index (χ2n) is 13.6. The van der Waals surface area contributed by atoms with E-state index >= 15 is 0 Å². The zero-order valence-electron chi connectivity index (χ0n) is 14.2. The lowest BCUT2D eigenvalue weighted by atomic mass is 8.96. The van der Waals surface area contributed by atoms with Crippen LogP contribution in [0.5, 0.6) is 0 Å². The first-order chi connectivity index (χ1) is 11.9. The molecule has 0 amide bonds. The van der Waals surface area contributed by atoms with E-state index in [1.807, 2.05) is 0 Å². The summed E-state index contributed by atoms with van der Waals surface area (Å²) in [5.74, 6) is 23.5. The van der Waals surface area contributed by atoms with Crippen molar-refractivity contribution in [2.45, 2.75) is 25.7 Å². The van der Waals surface area contributed by atoms with Crippen LogP contribution in [0.3, 0.4) is 0 Å². The van der Waals surface area contributed by atoms with Gasteiger partial charge >= 0.3 is 0 Å². The lowest BCUT2D eigenvalue weighted by Crippen LogP contribution is -3.05. The predicted molar refractivity (Wildman–Crippen MR) is 86.2 cm³/mol. The molecule has 0 bridgehead atoms. The molecule has 0 radical (unpaired) electrons. The fraction of sp³-hybridized carbons (Fsp3) is 1.00. The maximum atomic E-state index is 1.76. The van der Waals surface area contributed by atoms with E-state index in [1.54, 1.807) is 25.7 Å². The van der Waals surface area contributed by atoms with Crippen LogP contribution in [0.25, 0.3) is 0 Å². The van der Waals surface area contributed by atoms with Crippen LogP contribution in [0.2, 0.25) is 0 Å². The molecule has 122 valence electrons. The molecular weight excluding hydrogens is 288 g/mol. The van der Waals surface area contributed by atoms with Gasteiger partial charge in [-0.2, -0.15) is 0 Å². The third-order valence-electron chi connectivity index (χ3n) is 15.5. The largest absolute Gasteiger partial charge is 0.0467 e. The van der Waals surface area contributed by atoms with Gasteiger partial charge in [0.1, 0.15) is 0 Å². The fourth-order valence-corrected chi connectivity index (χ4v) is 16.5. The molecule has 2 spiro atoms. The van der Waals surface area contributed by atoms with Crippen molar-refractivity contribution in [1.82, 2.24) is 0 Å². The monoisotopic (exact) mass is 314 g/mol. The molecule has 12 saturated carbocycles. The molecule has 0 saturated heterocycles. The maximum Gasteiger partial charge on any atom is -0.0164 e. The molecular formula is C24H26. The van der Waals surface area contributed by atoms with Gasteiger partial charge in [0.05, 0.1) is 0 Å². The van der Waals surface area contributed by atoms with E-state index in [-0.39, 0.29) is 0 Å². The summed E-state index contributed by atoms with van der Waals surface area (Å²) in [5, 5.41) is 0. The molecule has 0 aromatic rings. The van der Waals surface area contributed by atoms with Crippen LogP contribution in [-0.4, -0.2) is 0 Å². The molecule has 20 unspecified atom stereocenters. The Balaban J connectivity index is 1.18. The molecule has 0 heteroatoms. The molecule has 20 atom stereocenters. The molecule has 12 rings (SSSR count). The summed E-state index contributed by atoms with van der Waals surface area (Å²) in [5.41, 5.74) is 2.06. The first-order valence-electron chi connectivity index (χ1n) is 11.9. The third kappa shape index (κ3) is 0.495. The summed E-state index contributed by atoms with van der Waals surface area (Å²) in [6.07, 6.45) is 6.95. The van der Waals surface area contributed by atoms with Crippen molar-refractivity contribution in [3.8, 4) is 0 Å². The van der Waals surface area contributed by atoms with E-state index in [9.17, 15) is 0 Å². The highest BCUT2D eigenvalue weighted by Crippen LogP contribution is 3.08. The molecule has 0 aliphatic heterocycles. The quantitative estimate of drug-likeness (QED) is 0.638. The lowest BCUT2D eigenvalue weighted by Gasteiger charge is -3.08. The molecule has 24 heavy (non-hydrogen) atoms. The minimum atomic E-state index is 1.03. The number of fused-ring (bicyclic) bond motifs is 8. The van der Waals surface area contributed by atoms with Gasteiger partial charge in [0.2, 0.25) is 0 Å². The van der Waals surface area contributed by atoms with Gasteiger partial charge in [0.25, 0.3) is 0 Å². The van der Waals surface area contributed by atoms with Crippen LogP contribution in [0, 0.1) is 117 Å². The summed E-state index contributed by atoms with van der Waals surface area (Å²) in [6, 6.07) is 0. The minimum Gasteiger partial charge on any atom is -0.0467 e. The van der Waals surface area contributed by atoms with Crippen LogP contribution >= 0.6 is 0 Å². The highest BCUT2D eigenvalue weighted by Gasteiger charge is 3.04. The van der Waals surface area contributed by atoms with E-state index in [2.05, 4.69) is 0 Å². The standard InChI is InChI=1S/C24H26/c1-5-3-9-10-4-6-2-8-12(6)18-14(8)20-16-15-19-13-7(1)11(5)17(13)23(9,19)21(15)22(16)24(10,18)20/h5-22H,1-4H2. The summed E-state index contributed by atoms with van der Waals surface area (Å²) in [4.78, 5) is 0. The van der Waals surface area contributed by atoms with Gasteiger partial charge in [-0.05, 0) is 143 Å². The van der Waals surface area contributed by atoms with E-state index in [0.29, 0.717) is 0 Å². The van der Waals surface area contributed by atoms with E-state index in [0.717, 1.165) is 10.8 Å². The Labute approximate surface area is 143 Å². The second-order valence-corrected chi connectivity index (χ2v) is 13.6. The minimum absolute atomic E-state index is 1.03. The second kappa shape index (κ2) is 2.27. The van der Waals surface area contributed by atoms with Gasteiger partial charge in [0.15, 0.2) is 0 Å². The summed E-state index contributed by atoms with van der Waals surface area (Å²) >= 11 is 0. The first kappa shape index (κ1) is 10.4. The van der Waals surface area contributed by atoms with Crippen molar-refractivity contribution in [3.05, 3.63) is 0 Å². The first-order valence-corrected chi connectivity index (χ1v) is 11.9. The maximum absolute atomic E-state index is 1.76. The Morgan fingerprint density at radius 1 is 0.417 bits per heavy atom. The fourth-order valence-electron chi connectivity index (χ4n) is 16.5. The van der Waals surface area contributed by atoms with Crippen LogP contribution in [0.4, 0.5) is 0 Å². The number of rotatable bonds is 0. The lowest BCUT2D eigenvalue weighted by molar-refractivity contribution is -0.616. The van der Waals surface area contributed by atoms with Crippen LogP contribution in [0.15, 0.2) is 0 Å². The van der Waals surface area contributed by atoms with Gasteiger partial charge in [-0.15, -0.1) is 0 Å². The normalized spacial score (nSPS) is 101. The zero-order chi connectivity index (χ0) is 14.2. The van der Waals surface area contributed by atoms with Gasteiger partial charge < -0.3 is 0 Å². The molecule has 12 fully saturated rings. The Kier molecular flexibility index (Phi) is 0.981. The van der Waals surface area contributed by atoms with Crippen molar-refractivity contribution in [2.75, 3.05) is 0 Å². The SMILES string of the molecule is C1C2CC3C4CC5CC6C5C5C6C6C7C8C9C%10C1C2C%10C39C8C7C456. The molecule has 0 aromatic carbocycles. The van der Waals surface area contributed by atoms with Crippen LogP contribution in [-0.2, 0) is 0 Å². The van der Waals surface area contributed by atoms with Gasteiger partial charge in [-0.1, -0.05) is 0 Å². The molecule has 12 aliphatic rings. The van der Waals surface area contributed by atoms with E-state index in [4.69, 9.17) is 0 Å². The Bertz CT molecular complexity index is 788. The highest BCUT2D eigenvalue weighted by molar-refractivity contribution is 5.51. The molecule has 0 heterocycles. The molecule has 0 nitrogen and oxygen atoms in total. The third-order valence-corrected chi connectivity index (χ3v) is 15.5. The topological polar surface area (TPSA) is 0 Å². The number of hydrogen-bond acceptors (Lipinski definition) is 0. The predicted octanol–water partition coefficient (Wildman–Crippen LogP) is 3.77. The van der Waals surface area contributed by atoms with E-state index < -0.39 is 0 Å². The van der Waals surface area contributed by atoms with Crippen molar-refractivity contribution in [3.63, 3.8) is 0 Å². The van der Waals surface area contributed by atoms with Crippen molar-refractivity contribution in [1.29, 1.82) is 0 Å². The van der Waals surface area contributed by atoms with Gasteiger partial charge in [-0.3, -0.25) is 0 Å². The summed E-state index contributed by atoms with van der Waals surface area (Å²) in [7, 11) is 0. The number of hydrogen-bond donors (Lipinski definition) is 0. The average Bonchev–Trinajstić information content (AvgIpc) is 2.45. The van der Waals surface area contributed by atoms with Gasteiger partial charge in [-0.25, -0.2) is 0 Å². The summed E-state index contributed by atoms with van der Waals surface area (Å²) < 4.78 is 0. The van der Waals surface area contributed by atoms with Crippen molar-refractivity contribution < 1.29 is 0 Å². The Hall–Kier alpha value is 0. The van der Waals surface area contributed by atoms with Crippen LogP contribution in [0.1, 0.15) is 25.7 Å². The van der Waals surface area contributed by atoms with Crippen molar-refractivity contribution >= 4 is 0 Å². The van der Waals surface area contributed by atoms with Crippen LogP contribution < -0.4 is 0 Å². The van der Waals surface area contributed by atoms with Crippen molar-refractivity contribution in [2.24, 2.45) is 117 Å². The van der Waals surface area contributed by atoms with E-state index in [1.165, 1.54) is 107 Å². The Morgan fingerprint density at radius 2 is 0.875 bits per heavy atom. The molecule has 0 N–H and O–H groups in total. The smallest absolute Gasteiger partial charge is 0.0164 e. The average molecular weight is 314 g/mol. The zero-order valence-corrected chi connectivity index (χ0v) is 14.2. The molecule has 0 aromatic heterocycles. The summed E-state index contributed by atoms with van der Waals surface area (Å²) in [6.45, 7) is 0. The van der Waals surface area contributed by atoms with Gasteiger partial charge in [0, 0.05) is 0 Å². The highest BCUT2D eigenvalue weighted by atomic mass is 15.1.